The predicted octanol–water partition coefficient (Wildman–Crippen LogP) is 2.26. The summed E-state index contributed by atoms with van der Waals surface area (Å²) in [5, 5.41) is 23.4. The minimum absolute atomic E-state index is 0.126. The summed E-state index contributed by atoms with van der Waals surface area (Å²) >= 11 is 5.77. The van der Waals surface area contributed by atoms with Crippen molar-refractivity contribution in [3.05, 3.63) is 64.2 Å². The van der Waals surface area contributed by atoms with Crippen molar-refractivity contribution in [2.24, 2.45) is 0 Å². The summed E-state index contributed by atoms with van der Waals surface area (Å²) in [5.74, 6) is -1.92. The van der Waals surface area contributed by atoms with Gasteiger partial charge in [0.2, 0.25) is 0 Å². The van der Waals surface area contributed by atoms with E-state index in [2.05, 4.69) is 5.32 Å². The lowest BCUT2D eigenvalue weighted by atomic mass is 10.1. The molecule has 2 aromatic carbocycles. The lowest BCUT2D eigenvalue weighted by Gasteiger charge is -2.10. The molecule has 0 aromatic heterocycles. The monoisotopic (exact) mass is 355 g/mol. The van der Waals surface area contributed by atoms with Gasteiger partial charge in [-0.2, -0.15) is 5.26 Å². The fourth-order valence-corrected chi connectivity index (χ4v) is 2.15. The van der Waals surface area contributed by atoms with E-state index in [-0.39, 0.29) is 16.9 Å². The lowest BCUT2D eigenvalue weighted by Crippen LogP contribution is -2.23. The molecule has 0 heterocycles. The van der Waals surface area contributed by atoms with Crippen LogP contribution in [0.4, 0.5) is 5.69 Å². The number of carbonyl (C=O) groups is 2. The topological polar surface area (TPSA) is 102 Å². The van der Waals surface area contributed by atoms with Crippen LogP contribution >= 0.6 is 11.6 Å². The van der Waals surface area contributed by atoms with Crippen LogP contribution in [0.15, 0.2) is 48.0 Å². The van der Waals surface area contributed by atoms with Gasteiger partial charge in [-0.1, -0.05) is 17.7 Å². The van der Waals surface area contributed by atoms with Crippen LogP contribution in [0.3, 0.4) is 0 Å². The molecule has 7 heteroatoms. The Morgan fingerprint density at radius 2 is 1.92 bits per heavy atom. The highest BCUT2D eigenvalue weighted by Gasteiger charge is 2.11. The Balaban J connectivity index is 2.29. The summed E-state index contributed by atoms with van der Waals surface area (Å²) in [4.78, 5) is 23.3. The lowest BCUT2D eigenvalue weighted by molar-refractivity contribution is -0.255. The number of amides is 1. The Labute approximate surface area is 148 Å². The van der Waals surface area contributed by atoms with Gasteiger partial charge in [0.25, 0.3) is 5.91 Å². The molecule has 25 heavy (non-hydrogen) atoms. The van der Waals surface area contributed by atoms with Crippen molar-refractivity contribution in [2.45, 2.75) is 0 Å². The molecular weight excluding hydrogens is 344 g/mol. The molecule has 0 fully saturated rings. The number of carboxylic acids is 1. The van der Waals surface area contributed by atoms with E-state index in [1.54, 1.807) is 30.3 Å². The van der Waals surface area contributed by atoms with Gasteiger partial charge in [-0.3, -0.25) is 4.79 Å². The molecule has 0 radical (unpaired) electrons. The number of carbonyl (C=O) groups excluding carboxylic acids is 2. The highest BCUT2D eigenvalue weighted by molar-refractivity contribution is 6.30. The maximum absolute atomic E-state index is 12.2. The second-order valence-electron chi connectivity index (χ2n) is 4.88. The third-order valence-electron chi connectivity index (χ3n) is 3.22. The number of benzene rings is 2. The number of methoxy groups -OCH3 is 1. The first-order valence-corrected chi connectivity index (χ1v) is 7.40. The minimum Gasteiger partial charge on any atom is -0.545 e. The number of carboxylic acid groups (broad SMARTS) is 1. The van der Waals surface area contributed by atoms with Crippen molar-refractivity contribution >= 4 is 35.2 Å². The van der Waals surface area contributed by atoms with Crippen molar-refractivity contribution in [1.82, 2.24) is 0 Å². The molecule has 2 aromatic rings. The molecule has 0 aliphatic rings. The van der Waals surface area contributed by atoms with Crippen LogP contribution in [-0.2, 0) is 4.79 Å². The number of rotatable bonds is 5. The van der Waals surface area contributed by atoms with Crippen molar-refractivity contribution < 1.29 is 19.4 Å². The van der Waals surface area contributed by atoms with Crippen molar-refractivity contribution in [2.75, 3.05) is 12.4 Å². The van der Waals surface area contributed by atoms with Crippen LogP contribution < -0.4 is 15.2 Å². The molecule has 0 unspecified atom stereocenters. The third-order valence-corrected chi connectivity index (χ3v) is 3.47. The molecule has 0 aliphatic heterocycles. The Kier molecular flexibility index (Phi) is 5.77. The van der Waals surface area contributed by atoms with E-state index < -0.39 is 11.9 Å². The van der Waals surface area contributed by atoms with Crippen molar-refractivity contribution in [3.63, 3.8) is 0 Å². The number of halogens is 1. The van der Waals surface area contributed by atoms with Gasteiger partial charge in [0.15, 0.2) is 0 Å². The zero-order valence-electron chi connectivity index (χ0n) is 13.1. The summed E-state index contributed by atoms with van der Waals surface area (Å²) < 4.78 is 4.93. The first-order chi connectivity index (χ1) is 11.9. The zero-order valence-corrected chi connectivity index (χ0v) is 13.8. The van der Waals surface area contributed by atoms with Crippen LogP contribution in [0.1, 0.15) is 15.9 Å². The fourth-order valence-electron chi connectivity index (χ4n) is 2.02. The standard InChI is InChI=1S/C18H13ClN2O4/c1-25-16-7-2-11(9-15(16)18(23)24)8-12(10-20)17(22)21-14-5-3-13(19)4-6-14/h2-9H,1H3,(H,21,22)(H,23,24)/p-1/b12-8+. The normalized spacial score (nSPS) is 10.7. The maximum Gasteiger partial charge on any atom is 0.266 e. The van der Waals surface area contributed by atoms with E-state index in [1.807, 2.05) is 0 Å². The average Bonchev–Trinajstić information content (AvgIpc) is 2.61. The maximum atomic E-state index is 12.2. The summed E-state index contributed by atoms with van der Waals surface area (Å²) in [5.41, 5.74) is 0.458. The van der Waals surface area contributed by atoms with E-state index in [0.29, 0.717) is 16.3 Å². The fraction of sp³-hybridized carbons (Fsp3) is 0.0556. The zero-order chi connectivity index (χ0) is 18.4. The van der Waals surface area contributed by atoms with E-state index in [1.165, 1.54) is 31.4 Å². The van der Waals surface area contributed by atoms with Gasteiger partial charge >= 0.3 is 0 Å². The number of hydrogen-bond acceptors (Lipinski definition) is 5. The second kappa shape index (κ2) is 7.99. The number of anilines is 1. The van der Waals surface area contributed by atoms with E-state index in [0.717, 1.165) is 0 Å². The second-order valence-corrected chi connectivity index (χ2v) is 5.31. The van der Waals surface area contributed by atoms with E-state index in [4.69, 9.17) is 16.3 Å². The van der Waals surface area contributed by atoms with E-state index in [9.17, 15) is 20.0 Å². The number of nitrogens with one attached hydrogen (secondary N) is 1. The highest BCUT2D eigenvalue weighted by atomic mass is 35.5. The van der Waals surface area contributed by atoms with Gasteiger partial charge < -0.3 is 20.0 Å². The average molecular weight is 356 g/mol. The molecule has 126 valence electrons. The molecule has 1 amide bonds. The number of ether oxygens (including phenoxy) is 1. The van der Waals surface area contributed by atoms with Gasteiger partial charge in [0, 0.05) is 16.3 Å². The number of hydrogen-bond donors (Lipinski definition) is 1. The summed E-state index contributed by atoms with van der Waals surface area (Å²) in [6.07, 6.45) is 1.27. The van der Waals surface area contributed by atoms with Gasteiger partial charge in [0.05, 0.1) is 13.1 Å². The van der Waals surface area contributed by atoms with Crippen LogP contribution in [0.25, 0.3) is 6.08 Å². The molecule has 2 rings (SSSR count). The molecule has 0 aliphatic carbocycles. The summed E-state index contributed by atoms with van der Waals surface area (Å²) in [6.45, 7) is 0. The first-order valence-electron chi connectivity index (χ1n) is 7.02. The van der Waals surface area contributed by atoms with Crippen LogP contribution in [0.5, 0.6) is 5.75 Å². The number of nitrogens with zero attached hydrogens (tertiary/aromatic N) is 1. The van der Waals surface area contributed by atoms with Crippen LogP contribution in [0, 0.1) is 11.3 Å². The Morgan fingerprint density at radius 3 is 2.48 bits per heavy atom. The first kappa shape index (κ1) is 18.0. The molecule has 6 nitrogen and oxygen atoms in total. The predicted molar refractivity (Wildman–Crippen MR) is 91.0 cm³/mol. The highest BCUT2D eigenvalue weighted by Crippen LogP contribution is 2.21. The molecule has 0 atom stereocenters. The SMILES string of the molecule is COc1ccc(/C=C(\C#N)C(=O)Nc2ccc(Cl)cc2)cc1C(=O)[O-]. The van der Waals surface area contributed by atoms with Crippen LogP contribution in [0.2, 0.25) is 5.02 Å². The minimum atomic E-state index is -1.42. The third kappa shape index (κ3) is 4.59. The molecular formula is C18H12ClN2O4-. The Bertz CT molecular complexity index is 883. The smallest absolute Gasteiger partial charge is 0.266 e. The molecule has 0 saturated carbocycles. The number of nitriles is 1. The van der Waals surface area contributed by atoms with Gasteiger partial charge in [0.1, 0.15) is 17.4 Å². The van der Waals surface area contributed by atoms with Crippen molar-refractivity contribution in [3.8, 4) is 11.8 Å². The van der Waals surface area contributed by atoms with Gasteiger partial charge in [-0.25, -0.2) is 0 Å². The quantitative estimate of drug-likeness (QED) is 0.654. The largest absolute Gasteiger partial charge is 0.545 e. The molecule has 0 bridgehead atoms. The summed E-state index contributed by atoms with van der Waals surface area (Å²) in [6, 6.07) is 12.4. The number of aromatic carboxylic acids is 1. The van der Waals surface area contributed by atoms with Gasteiger partial charge in [-0.05, 0) is 48.0 Å². The van der Waals surface area contributed by atoms with Crippen molar-refractivity contribution in [1.29, 1.82) is 5.26 Å². The van der Waals surface area contributed by atoms with E-state index >= 15 is 0 Å². The molecule has 0 saturated heterocycles. The van der Waals surface area contributed by atoms with Gasteiger partial charge in [-0.15, -0.1) is 0 Å². The van der Waals surface area contributed by atoms with Crippen LogP contribution in [-0.4, -0.2) is 19.0 Å². The summed E-state index contributed by atoms with van der Waals surface area (Å²) in [7, 11) is 1.33. The molecule has 0 spiro atoms. The molecule has 1 N–H and O–H groups in total. The Morgan fingerprint density at radius 1 is 1.24 bits per heavy atom. The Hall–Kier alpha value is -3.30.